The highest BCUT2D eigenvalue weighted by Gasteiger charge is 2.29. The minimum absolute atomic E-state index is 0.0654. The number of likely N-dealkylation sites (N-methyl/N-ethyl adjacent to an activating group) is 1. The highest BCUT2D eigenvalue weighted by Crippen LogP contribution is 2.33. The van der Waals surface area contributed by atoms with Gasteiger partial charge in [0.05, 0.1) is 15.0 Å². The predicted octanol–water partition coefficient (Wildman–Crippen LogP) is 5.23. The minimum Gasteiger partial charge on any atom is -0.318 e. The van der Waals surface area contributed by atoms with Crippen LogP contribution in [0.15, 0.2) is 29.2 Å². The molecule has 2 heterocycles. The summed E-state index contributed by atoms with van der Waals surface area (Å²) in [4.78, 5) is 14.3. The molecule has 0 spiro atoms. The molecule has 0 aliphatic carbocycles. The number of carbonyl (C=O) groups excluding carboxylic acids is 1. The molecule has 7 heteroatoms. The van der Waals surface area contributed by atoms with Crippen LogP contribution in [0.1, 0.15) is 17.0 Å². The fourth-order valence-corrected chi connectivity index (χ4v) is 4.10. The Morgan fingerprint density at radius 3 is 2.46 bits per heavy atom. The topological polar surface area (TPSA) is 25.2 Å². The Balaban J connectivity index is 2.06. The summed E-state index contributed by atoms with van der Waals surface area (Å²) in [6, 6.07) is 7.57. The summed E-state index contributed by atoms with van der Waals surface area (Å²) in [5, 5.41) is 1.03. The van der Waals surface area contributed by atoms with Gasteiger partial charge in [0.1, 0.15) is 4.32 Å². The lowest BCUT2D eigenvalue weighted by Crippen LogP contribution is -2.22. The maximum atomic E-state index is 12.2. The average molecular weight is 397 g/mol. The van der Waals surface area contributed by atoms with Gasteiger partial charge in [0.2, 0.25) is 0 Å². The molecule has 1 aromatic carbocycles. The summed E-state index contributed by atoms with van der Waals surface area (Å²) in [5.41, 5.74) is 3.98. The van der Waals surface area contributed by atoms with Crippen molar-refractivity contribution >= 4 is 63.5 Å². The number of hydrogen-bond donors (Lipinski definition) is 0. The molecule has 3 rings (SSSR count). The Kier molecular flexibility index (Phi) is 4.80. The van der Waals surface area contributed by atoms with Gasteiger partial charge in [-0.3, -0.25) is 9.69 Å². The van der Waals surface area contributed by atoms with Crippen molar-refractivity contribution in [3.63, 3.8) is 0 Å². The van der Waals surface area contributed by atoms with Crippen LogP contribution in [-0.4, -0.2) is 26.7 Å². The van der Waals surface area contributed by atoms with Gasteiger partial charge < -0.3 is 4.57 Å². The highest BCUT2D eigenvalue weighted by molar-refractivity contribution is 8.26. The van der Waals surface area contributed by atoms with Gasteiger partial charge in [-0.2, -0.15) is 0 Å². The Labute approximate surface area is 160 Å². The van der Waals surface area contributed by atoms with Crippen molar-refractivity contribution in [2.75, 3.05) is 7.05 Å². The van der Waals surface area contributed by atoms with E-state index in [1.165, 1.54) is 16.7 Å². The van der Waals surface area contributed by atoms with E-state index in [2.05, 4.69) is 4.57 Å². The largest absolute Gasteiger partial charge is 0.318 e. The van der Waals surface area contributed by atoms with Crippen LogP contribution in [0.4, 0.5) is 0 Å². The second-order valence-electron chi connectivity index (χ2n) is 5.50. The zero-order valence-corrected chi connectivity index (χ0v) is 16.4. The first-order chi connectivity index (χ1) is 11.3. The summed E-state index contributed by atoms with van der Waals surface area (Å²) < 4.78 is 2.66. The zero-order chi connectivity index (χ0) is 17.6. The van der Waals surface area contributed by atoms with Gasteiger partial charge in [-0.15, -0.1) is 0 Å². The van der Waals surface area contributed by atoms with Crippen molar-refractivity contribution < 1.29 is 4.79 Å². The van der Waals surface area contributed by atoms with Crippen LogP contribution < -0.4 is 0 Å². The zero-order valence-electron chi connectivity index (χ0n) is 13.3. The number of hydrogen-bond acceptors (Lipinski definition) is 3. The molecule has 1 aliphatic heterocycles. The van der Waals surface area contributed by atoms with Crippen LogP contribution in [0.25, 0.3) is 11.8 Å². The van der Waals surface area contributed by atoms with Gasteiger partial charge in [-0.05, 0) is 49.8 Å². The van der Waals surface area contributed by atoms with E-state index in [4.69, 9.17) is 35.4 Å². The quantitative estimate of drug-likeness (QED) is 0.512. The smallest absolute Gasteiger partial charge is 0.265 e. The van der Waals surface area contributed by atoms with E-state index in [-0.39, 0.29) is 5.91 Å². The second kappa shape index (κ2) is 6.56. The number of nitrogens with zero attached hydrogens (tertiary/aromatic N) is 2. The third-order valence-corrected chi connectivity index (χ3v) is 6.13. The lowest BCUT2D eigenvalue weighted by molar-refractivity contribution is -0.121. The van der Waals surface area contributed by atoms with Crippen LogP contribution in [0.3, 0.4) is 0 Å². The second-order valence-corrected chi connectivity index (χ2v) is 7.99. The SMILES string of the molecule is Cc1cc(/C=C2/SC(=S)N(C)C2=O)c(C)n1-c1ccc(Cl)c(Cl)c1. The first kappa shape index (κ1) is 17.5. The van der Waals surface area contributed by atoms with Crippen LogP contribution in [-0.2, 0) is 4.79 Å². The van der Waals surface area contributed by atoms with Crippen molar-refractivity contribution in [1.82, 2.24) is 9.47 Å². The summed E-state index contributed by atoms with van der Waals surface area (Å²) in [6.45, 7) is 4.02. The number of thiocarbonyl (C=S) groups is 1. The molecule has 0 radical (unpaired) electrons. The number of rotatable bonds is 2. The van der Waals surface area contributed by atoms with E-state index in [0.29, 0.717) is 19.3 Å². The molecular weight excluding hydrogens is 383 g/mol. The summed E-state index contributed by atoms with van der Waals surface area (Å²) in [6.07, 6.45) is 1.89. The van der Waals surface area contributed by atoms with Crippen molar-refractivity contribution in [2.24, 2.45) is 0 Å². The number of carbonyl (C=O) groups is 1. The molecule has 0 unspecified atom stereocenters. The molecule has 0 bridgehead atoms. The molecule has 0 saturated carbocycles. The maximum Gasteiger partial charge on any atom is 0.265 e. The molecule has 124 valence electrons. The van der Waals surface area contributed by atoms with E-state index < -0.39 is 0 Å². The number of aromatic nitrogens is 1. The lowest BCUT2D eigenvalue weighted by Gasteiger charge is -2.10. The van der Waals surface area contributed by atoms with Crippen LogP contribution in [0.5, 0.6) is 0 Å². The number of amides is 1. The molecular formula is C17H14Cl2N2OS2. The maximum absolute atomic E-state index is 12.2. The summed E-state index contributed by atoms with van der Waals surface area (Å²) in [7, 11) is 1.69. The van der Waals surface area contributed by atoms with Gasteiger partial charge in [0.15, 0.2) is 0 Å². The average Bonchev–Trinajstić information content (AvgIpc) is 2.94. The molecule has 0 atom stereocenters. The van der Waals surface area contributed by atoms with Crippen molar-refractivity contribution in [3.8, 4) is 5.69 Å². The highest BCUT2D eigenvalue weighted by atomic mass is 35.5. The minimum atomic E-state index is -0.0654. The van der Waals surface area contributed by atoms with Gasteiger partial charge in [-0.1, -0.05) is 47.2 Å². The van der Waals surface area contributed by atoms with E-state index in [9.17, 15) is 4.79 Å². The van der Waals surface area contributed by atoms with Gasteiger partial charge in [-0.25, -0.2) is 0 Å². The van der Waals surface area contributed by atoms with Crippen LogP contribution >= 0.6 is 47.2 Å². The fourth-order valence-electron chi connectivity index (χ4n) is 2.64. The normalized spacial score (nSPS) is 16.5. The van der Waals surface area contributed by atoms with E-state index in [0.717, 1.165) is 22.6 Å². The first-order valence-electron chi connectivity index (χ1n) is 7.15. The van der Waals surface area contributed by atoms with E-state index in [1.807, 2.05) is 38.1 Å². The molecule has 1 aromatic heterocycles. The Morgan fingerprint density at radius 2 is 1.88 bits per heavy atom. The van der Waals surface area contributed by atoms with Gasteiger partial charge >= 0.3 is 0 Å². The molecule has 24 heavy (non-hydrogen) atoms. The molecule has 1 saturated heterocycles. The van der Waals surface area contributed by atoms with Crippen LogP contribution in [0.2, 0.25) is 10.0 Å². The monoisotopic (exact) mass is 396 g/mol. The molecule has 1 amide bonds. The van der Waals surface area contributed by atoms with Crippen LogP contribution in [0, 0.1) is 13.8 Å². The first-order valence-corrected chi connectivity index (χ1v) is 9.13. The Bertz CT molecular complexity index is 902. The lowest BCUT2D eigenvalue weighted by atomic mass is 10.2. The number of benzene rings is 1. The molecule has 2 aromatic rings. The van der Waals surface area contributed by atoms with Gasteiger partial charge in [0.25, 0.3) is 5.91 Å². The standard InChI is InChI=1S/C17H14Cl2N2OS2/c1-9-6-11(7-15-16(22)20(3)17(23)24-15)10(2)21(9)12-4-5-13(18)14(19)8-12/h4-8H,1-3H3/b15-7+. The predicted molar refractivity (Wildman–Crippen MR) is 106 cm³/mol. The molecule has 3 nitrogen and oxygen atoms in total. The van der Waals surface area contributed by atoms with E-state index >= 15 is 0 Å². The fraction of sp³-hybridized carbons (Fsp3) is 0.176. The third kappa shape index (κ3) is 3.02. The Morgan fingerprint density at radius 1 is 1.17 bits per heavy atom. The third-order valence-electron chi connectivity index (χ3n) is 3.90. The summed E-state index contributed by atoms with van der Waals surface area (Å²) in [5.74, 6) is -0.0654. The number of halogens is 2. The van der Waals surface area contributed by atoms with E-state index in [1.54, 1.807) is 13.1 Å². The van der Waals surface area contributed by atoms with Crippen molar-refractivity contribution in [3.05, 3.63) is 56.2 Å². The number of aryl methyl sites for hydroxylation is 1. The van der Waals surface area contributed by atoms with Crippen molar-refractivity contribution in [2.45, 2.75) is 13.8 Å². The number of thioether (sulfide) groups is 1. The van der Waals surface area contributed by atoms with Crippen molar-refractivity contribution in [1.29, 1.82) is 0 Å². The Hall–Kier alpha value is -1.27. The molecule has 1 aliphatic rings. The molecule has 0 N–H and O–H groups in total. The summed E-state index contributed by atoms with van der Waals surface area (Å²) >= 11 is 18.6. The molecule has 1 fully saturated rings. The van der Waals surface area contributed by atoms with Gasteiger partial charge in [0, 0.05) is 24.1 Å².